The van der Waals surface area contributed by atoms with Crippen molar-refractivity contribution in [3.8, 4) is 0 Å². The third kappa shape index (κ3) is 2.65. The SMILES string of the molecule is CC(C)(C)OC(=O)C(C)(C)N1CCNC1=O. The molecular weight excluding hydrogens is 208 g/mol. The van der Waals surface area contributed by atoms with E-state index in [1.165, 1.54) is 4.90 Å². The Hall–Kier alpha value is -1.26. The molecule has 5 nitrogen and oxygen atoms in total. The molecule has 0 bridgehead atoms. The zero-order valence-electron chi connectivity index (χ0n) is 10.6. The summed E-state index contributed by atoms with van der Waals surface area (Å²) in [6, 6.07) is -0.212. The summed E-state index contributed by atoms with van der Waals surface area (Å²) in [6.07, 6.45) is 0. The van der Waals surface area contributed by atoms with E-state index in [1.807, 2.05) is 20.8 Å². The summed E-state index contributed by atoms with van der Waals surface area (Å²) in [4.78, 5) is 25.0. The van der Waals surface area contributed by atoms with E-state index in [9.17, 15) is 9.59 Å². The van der Waals surface area contributed by atoms with E-state index in [4.69, 9.17) is 4.74 Å². The number of carbonyl (C=O) groups is 2. The van der Waals surface area contributed by atoms with Crippen molar-refractivity contribution in [2.24, 2.45) is 0 Å². The molecule has 0 saturated carbocycles. The zero-order valence-corrected chi connectivity index (χ0v) is 10.6. The first-order valence-corrected chi connectivity index (χ1v) is 5.43. The van der Waals surface area contributed by atoms with Crippen LogP contribution in [0.4, 0.5) is 4.79 Å². The van der Waals surface area contributed by atoms with Crippen LogP contribution in [0.25, 0.3) is 0 Å². The smallest absolute Gasteiger partial charge is 0.332 e. The maximum atomic E-state index is 12.0. The monoisotopic (exact) mass is 228 g/mol. The summed E-state index contributed by atoms with van der Waals surface area (Å²) in [6.45, 7) is 9.94. The minimum absolute atomic E-state index is 0.212. The molecule has 5 heteroatoms. The summed E-state index contributed by atoms with van der Waals surface area (Å²) >= 11 is 0. The minimum atomic E-state index is -0.923. The number of nitrogens with zero attached hydrogens (tertiary/aromatic N) is 1. The Morgan fingerprint density at radius 2 is 1.88 bits per heavy atom. The van der Waals surface area contributed by atoms with E-state index < -0.39 is 11.1 Å². The van der Waals surface area contributed by atoms with Crippen molar-refractivity contribution in [1.29, 1.82) is 0 Å². The average Bonchev–Trinajstić information content (AvgIpc) is 2.48. The van der Waals surface area contributed by atoms with E-state index in [2.05, 4.69) is 5.32 Å². The van der Waals surface area contributed by atoms with Gasteiger partial charge in [0.25, 0.3) is 0 Å². The molecule has 0 aliphatic carbocycles. The van der Waals surface area contributed by atoms with E-state index in [-0.39, 0.29) is 12.0 Å². The number of ether oxygens (including phenoxy) is 1. The van der Waals surface area contributed by atoms with Gasteiger partial charge in [0, 0.05) is 13.1 Å². The molecule has 1 heterocycles. The Bertz CT molecular complexity index is 305. The van der Waals surface area contributed by atoms with Crippen LogP contribution in [0.3, 0.4) is 0 Å². The number of rotatable bonds is 2. The van der Waals surface area contributed by atoms with Gasteiger partial charge in [-0.15, -0.1) is 0 Å². The first-order valence-electron chi connectivity index (χ1n) is 5.43. The number of carbonyl (C=O) groups excluding carboxylic acids is 2. The van der Waals surface area contributed by atoms with Crippen molar-refractivity contribution in [2.45, 2.75) is 45.8 Å². The number of urea groups is 1. The van der Waals surface area contributed by atoms with Crippen LogP contribution in [-0.4, -0.2) is 41.1 Å². The van der Waals surface area contributed by atoms with E-state index in [0.29, 0.717) is 13.1 Å². The summed E-state index contributed by atoms with van der Waals surface area (Å²) < 4.78 is 5.30. The Balaban J connectivity index is 2.76. The van der Waals surface area contributed by atoms with Crippen molar-refractivity contribution in [1.82, 2.24) is 10.2 Å². The van der Waals surface area contributed by atoms with Crippen LogP contribution >= 0.6 is 0 Å². The van der Waals surface area contributed by atoms with Gasteiger partial charge in [-0.25, -0.2) is 9.59 Å². The maximum absolute atomic E-state index is 12.0. The molecule has 0 atom stereocenters. The third-order valence-electron chi connectivity index (χ3n) is 2.43. The molecule has 1 aliphatic heterocycles. The van der Waals surface area contributed by atoms with E-state index in [0.717, 1.165) is 0 Å². The molecule has 1 saturated heterocycles. The predicted octanol–water partition coefficient (Wildman–Crippen LogP) is 1.13. The summed E-state index contributed by atoms with van der Waals surface area (Å²) in [7, 11) is 0. The van der Waals surface area contributed by atoms with E-state index >= 15 is 0 Å². The molecule has 0 radical (unpaired) electrons. The van der Waals surface area contributed by atoms with Gasteiger partial charge in [-0.05, 0) is 34.6 Å². The predicted molar refractivity (Wildman–Crippen MR) is 60.0 cm³/mol. The van der Waals surface area contributed by atoms with Gasteiger partial charge in [0.05, 0.1) is 0 Å². The molecular formula is C11H20N2O3. The molecule has 1 rings (SSSR count). The van der Waals surface area contributed by atoms with Crippen molar-refractivity contribution in [3.63, 3.8) is 0 Å². The van der Waals surface area contributed by atoms with Crippen molar-refractivity contribution < 1.29 is 14.3 Å². The summed E-state index contributed by atoms with van der Waals surface area (Å²) in [5, 5.41) is 2.67. The average molecular weight is 228 g/mol. The fraction of sp³-hybridized carbons (Fsp3) is 0.818. The number of hydrogen-bond donors (Lipinski definition) is 1. The number of amides is 2. The molecule has 1 fully saturated rings. The first-order chi connectivity index (χ1) is 7.14. The normalized spacial score (nSPS) is 17.3. The Morgan fingerprint density at radius 3 is 2.25 bits per heavy atom. The van der Waals surface area contributed by atoms with Gasteiger partial charge >= 0.3 is 12.0 Å². The van der Waals surface area contributed by atoms with Gasteiger partial charge in [-0.3, -0.25) is 0 Å². The van der Waals surface area contributed by atoms with Crippen molar-refractivity contribution in [2.75, 3.05) is 13.1 Å². The lowest BCUT2D eigenvalue weighted by Crippen LogP contribution is -2.53. The summed E-state index contributed by atoms with van der Waals surface area (Å²) in [5.41, 5.74) is -1.46. The zero-order chi connectivity index (χ0) is 12.6. The second-order valence-corrected chi connectivity index (χ2v) is 5.44. The molecule has 1 N–H and O–H groups in total. The molecule has 16 heavy (non-hydrogen) atoms. The van der Waals surface area contributed by atoms with Gasteiger partial charge in [0.1, 0.15) is 11.1 Å². The highest BCUT2D eigenvalue weighted by molar-refractivity contribution is 5.87. The fourth-order valence-corrected chi connectivity index (χ4v) is 1.52. The largest absolute Gasteiger partial charge is 0.458 e. The second kappa shape index (κ2) is 3.96. The number of esters is 1. The van der Waals surface area contributed by atoms with Crippen LogP contribution in [0.1, 0.15) is 34.6 Å². The third-order valence-corrected chi connectivity index (χ3v) is 2.43. The molecule has 92 valence electrons. The quantitative estimate of drug-likeness (QED) is 0.721. The topological polar surface area (TPSA) is 58.6 Å². The molecule has 1 aliphatic rings. The van der Waals surface area contributed by atoms with Crippen LogP contribution in [0.2, 0.25) is 0 Å². The summed E-state index contributed by atoms with van der Waals surface area (Å²) in [5.74, 6) is -0.378. The minimum Gasteiger partial charge on any atom is -0.458 e. The standard InChI is InChI=1S/C11H20N2O3/c1-10(2,3)16-8(14)11(4,5)13-7-6-12-9(13)15/h6-7H2,1-5H3,(H,12,15). The molecule has 0 spiro atoms. The van der Waals surface area contributed by atoms with Gasteiger partial charge in [-0.1, -0.05) is 0 Å². The van der Waals surface area contributed by atoms with Gasteiger partial charge in [0.15, 0.2) is 0 Å². The number of hydrogen-bond acceptors (Lipinski definition) is 3. The second-order valence-electron chi connectivity index (χ2n) is 5.44. The van der Waals surface area contributed by atoms with Crippen LogP contribution in [-0.2, 0) is 9.53 Å². The first kappa shape index (κ1) is 12.8. The molecule has 0 aromatic rings. The highest BCUT2D eigenvalue weighted by Gasteiger charge is 2.42. The molecule has 0 unspecified atom stereocenters. The van der Waals surface area contributed by atoms with Crippen LogP contribution in [0.5, 0.6) is 0 Å². The fourth-order valence-electron chi connectivity index (χ4n) is 1.52. The Kier molecular flexibility index (Phi) is 3.17. The number of nitrogens with one attached hydrogen (secondary N) is 1. The molecule has 2 amide bonds. The van der Waals surface area contributed by atoms with Crippen LogP contribution < -0.4 is 5.32 Å². The van der Waals surface area contributed by atoms with E-state index in [1.54, 1.807) is 13.8 Å². The lowest BCUT2D eigenvalue weighted by atomic mass is 10.0. The lowest BCUT2D eigenvalue weighted by Gasteiger charge is -2.34. The van der Waals surface area contributed by atoms with Gasteiger partial charge in [-0.2, -0.15) is 0 Å². The van der Waals surface area contributed by atoms with Crippen molar-refractivity contribution >= 4 is 12.0 Å². The molecule has 0 aromatic carbocycles. The lowest BCUT2D eigenvalue weighted by molar-refractivity contribution is -0.165. The Morgan fingerprint density at radius 1 is 1.31 bits per heavy atom. The highest BCUT2D eigenvalue weighted by Crippen LogP contribution is 2.21. The van der Waals surface area contributed by atoms with Crippen molar-refractivity contribution in [3.05, 3.63) is 0 Å². The Labute approximate surface area is 96.1 Å². The molecule has 0 aromatic heterocycles. The van der Waals surface area contributed by atoms with Crippen LogP contribution in [0.15, 0.2) is 0 Å². The van der Waals surface area contributed by atoms with Gasteiger partial charge < -0.3 is 15.0 Å². The van der Waals surface area contributed by atoms with Crippen LogP contribution in [0, 0.1) is 0 Å². The van der Waals surface area contributed by atoms with Gasteiger partial charge in [0.2, 0.25) is 0 Å². The highest BCUT2D eigenvalue weighted by atomic mass is 16.6. The maximum Gasteiger partial charge on any atom is 0.332 e.